The quantitative estimate of drug-likeness (QED) is 0.0186. The maximum absolute atomic E-state index is 13.6. The molecule has 0 saturated carbocycles. The molecule has 0 radical (unpaired) electrons. The standard InChI is InChI=1S/C74H105N25O16S/c1-92(22-11-17-76-60(101)16-25-112-27-29-114-31-32-115-30-28-113-26-21-77-59(100)14-10-9-13-56-63-51(45-116-56)86-74(111)91-63)23-12-18-79-67(104)52-35-48(40-94(52)3)83-69(106)54-37-50(42-97(54)6)85-73(110)66-89-58(44-99(66)8)90-70(107)55-34-47(39-96(55)5)82-62(103)33-46(75)38-81-71(108)65-88-57(43-98(65)7)87-61(102)15-19-80-68(105)53-36-49(41-95(53)4)84-72(109)64-78-20-24-93(64)2/h20,24,34-37,39-44,46,51,56,63H,9-19,21-23,25-33,38,45,75H2,1-8H3,(H,76,101)(H,77,100)(H,79,104)(H,80,105)(H,81,108)(H,82,103)(H,83,106)(H,84,109)(H,85,110)(H,87,102)(H,90,107)(H2,86,91,111)/t46-,51+,56+,63+/m1/s1. The van der Waals surface area contributed by atoms with E-state index in [4.69, 9.17) is 24.7 Å². The highest BCUT2D eigenvalue weighted by molar-refractivity contribution is 8.00. The van der Waals surface area contributed by atoms with Gasteiger partial charge in [-0.25, -0.2) is 19.7 Å². The molecule has 628 valence electrons. The Balaban J connectivity index is 0.573. The lowest BCUT2D eigenvalue weighted by Crippen LogP contribution is -2.40. The number of anilines is 6. The van der Waals surface area contributed by atoms with E-state index in [0.717, 1.165) is 38.0 Å². The first-order chi connectivity index (χ1) is 55.6. The summed E-state index contributed by atoms with van der Waals surface area (Å²) in [6, 6.07) is 5.41. The number of nitrogens with two attached hydrogens (primary N) is 1. The van der Waals surface area contributed by atoms with Gasteiger partial charge in [0.15, 0.2) is 17.5 Å². The normalized spacial score (nSPS) is 14.4. The van der Waals surface area contributed by atoms with E-state index in [-0.39, 0.29) is 132 Å². The van der Waals surface area contributed by atoms with Crippen molar-refractivity contribution in [2.75, 3.05) is 143 Å². The van der Waals surface area contributed by atoms with Crippen LogP contribution in [0.25, 0.3) is 0 Å². The molecular formula is C74H105N25O16S. The molecule has 13 amide bonds. The number of fused-ring (bicyclic) bond motifs is 1. The summed E-state index contributed by atoms with van der Waals surface area (Å²) < 4.78 is 32.6. The van der Waals surface area contributed by atoms with Crippen LogP contribution in [0.3, 0.4) is 0 Å². The SMILES string of the molecule is CN(CCCNC(=O)CCOCCOCCOCCOCCNC(=O)CCCC[C@@H]1SC[C@@H]2NC(=O)N[C@@H]21)CCCNC(=O)c1cc(NC(=O)c2cc(NC(=O)c3nc(NC(=O)c4cc(NC(=O)C[C@@H](N)CNC(=O)c5nc(NC(=O)CCNC(=O)c6cc(NC(=O)c7nccn7C)cn6C)cn5C)cn4C)cn3C)cn2C)cn1C. The third-order valence-corrected chi connectivity index (χ3v) is 20.1. The Kier molecular flexibility index (Phi) is 33.2. The zero-order chi connectivity index (χ0) is 83.4. The van der Waals surface area contributed by atoms with Crippen molar-refractivity contribution < 1.29 is 76.5 Å². The van der Waals surface area contributed by atoms with Crippen LogP contribution in [-0.2, 0) is 87.5 Å². The topological polar surface area (TPSA) is 501 Å². The van der Waals surface area contributed by atoms with E-state index in [9.17, 15) is 57.5 Å². The predicted molar refractivity (Wildman–Crippen MR) is 429 cm³/mol. The molecule has 2 aliphatic rings. The van der Waals surface area contributed by atoms with Crippen molar-refractivity contribution in [3.8, 4) is 0 Å². The molecule has 15 N–H and O–H groups in total. The van der Waals surface area contributed by atoms with Crippen molar-refractivity contribution in [1.29, 1.82) is 0 Å². The first-order valence-corrected chi connectivity index (χ1v) is 39.1. The van der Waals surface area contributed by atoms with Crippen LogP contribution >= 0.6 is 11.8 Å². The number of carbonyl (C=O) groups is 12. The maximum Gasteiger partial charge on any atom is 0.315 e. The number of unbranched alkanes of at least 4 members (excludes halogenated alkanes) is 1. The van der Waals surface area contributed by atoms with E-state index < -0.39 is 53.3 Å². The van der Waals surface area contributed by atoms with Crippen molar-refractivity contribution in [3.05, 3.63) is 114 Å². The van der Waals surface area contributed by atoms with E-state index in [0.29, 0.717) is 108 Å². The molecule has 2 aliphatic heterocycles. The summed E-state index contributed by atoms with van der Waals surface area (Å²) in [5.41, 5.74) is 8.37. The first-order valence-electron chi connectivity index (χ1n) is 38.0. The van der Waals surface area contributed by atoms with Gasteiger partial charge < -0.3 is 131 Å². The van der Waals surface area contributed by atoms with Gasteiger partial charge in [-0.2, -0.15) is 11.8 Å². The summed E-state index contributed by atoms with van der Waals surface area (Å²) in [6.07, 6.45) is 16.7. The molecule has 4 atom stereocenters. The molecule has 7 aromatic rings. The minimum atomic E-state index is -0.852. The van der Waals surface area contributed by atoms with Crippen molar-refractivity contribution in [3.63, 3.8) is 0 Å². The lowest BCUT2D eigenvalue weighted by atomic mass is 10.0. The second kappa shape index (κ2) is 43.7. The number of rotatable bonds is 48. The van der Waals surface area contributed by atoms with Gasteiger partial charge in [0.1, 0.15) is 22.8 Å². The van der Waals surface area contributed by atoms with Crippen LogP contribution in [-0.4, -0.2) is 258 Å². The number of imidazole rings is 3. The van der Waals surface area contributed by atoms with Gasteiger partial charge in [0.2, 0.25) is 35.3 Å². The fraction of sp³-hybridized carbons (Fsp3) is 0.500. The van der Waals surface area contributed by atoms with Crippen LogP contribution in [0.4, 0.5) is 39.2 Å². The summed E-state index contributed by atoms with van der Waals surface area (Å²) in [7, 11) is 13.3. The minimum absolute atomic E-state index is 0.00723. The van der Waals surface area contributed by atoms with E-state index in [1.807, 2.05) is 18.8 Å². The molecule has 0 unspecified atom stereocenters. The van der Waals surface area contributed by atoms with Crippen molar-refractivity contribution in [2.45, 2.75) is 81.2 Å². The number of hydrogen-bond acceptors (Lipinski definition) is 22. The number of amides is 13. The largest absolute Gasteiger partial charge is 0.379 e. The second-order valence-corrected chi connectivity index (χ2v) is 29.3. The highest BCUT2D eigenvalue weighted by Gasteiger charge is 2.42. The summed E-state index contributed by atoms with van der Waals surface area (Å²) in [6.45, 7) is 5.58. The lowest BCUT2D eigenvalue weighted by molar-refractivity contribution is -0.122. The minimum Gasteiger partial charge on any atom is -0.379 e. The molecule has 9 rings (SSSR count). The molecule has 7 aromatic heterocycles. The number of aromatic nitrogens is 10. The van der Waals surface area contributed by atoms with Crippen LogP contribution < -0.4 is 74.9 Å². The Hall–Kier alpha value is -11.7. The number of ether oxygens (including phenoxy) is 4. The van der Waals surface area contributed by atoms with Crippen molar-refractivity contribution in [2.24, 2.45) is 55.1 Å². The smallest absolute Gasteiger partial charge is 0.315 e. The number of hydrogen-bond donors (Lipinski definition) is 14. The summed E-state index contributed by atoms with van der Waals surface area (Å²) in [5, 5.41) is 36.6. The third kappa shape index (κ3) is 27.0. The van der Waals surface area contributed by atoms with E-state index >= 15 is 0 Å². The van der Waals surface area contributed by atoms with Gasteiger partial charge in [-0.05, 0) is 70.1 Å². The van der Waals surface area contributed by atoms with Gasteiger partial charge in [0.25, 0.3) is 41.4 Å². The average molecular weight is 1630 g/mol. The van der Waals surface area contributed by atoms with E-state index in [2.05, 4.69) is 89.0 Å². The molecule has 2 saturated heterocycles. The van der Waals surface area contributed by atoms with Gasteiger partial charge >= 0.3 is 6.03 Å². The molecule has 41 nitrogen and oxygen atoms in total. The van der Waals surface area contributed by atoms with Crippen molar-refractivity contribution in [1.82, 2.24) is 89.0 Å². The Labute approximate surface area is 673 Å². The Bertz CT molecular complexity index is 4590. The van der Waals surface area contributed by atoms with Gasteiger partial charge in [-0.15, -0.1) is 0 Å². The number of carbonyl (C=O) groups excluding carboxylic acids is 12. The molecule has 116 heavy (non-hydrogen) atoms. The van der Waals surface area contributed by atoms with Gasteiger partial charge in [-0.1, -0.05) is 6.42 Å². The third-order valence-electron chi connectivity index (χ3n) is 18.6. The number of aryl methyl sites for hydroxylation is 7. The number of thioether (sulfide) groups is 1. The van der Waals surface area contributed by atoms with Gasteiger partial charge in [0.05, 0.1) is 87.7 Å². The maximum atomic E-state index is 13.6. The fourth-order valence-electron chi connectivity index (χ4n) is 12.6. The van der Waals surface area contributed by atoms with Gasteiger partial charge in [0, 0.05) is 174 Å². The molecule has 42 heteroatoms. The summed E-state index contributed by atoms with van der Waals surface area (Å²) >= 11 is 1.88. The summed E-state index contributed by atoms with van der Waals surface area (Å²) in [4.78, 5) is 169. The second-order valence-electron chi connectivity index (χ2n) is 28.0. The molecule has 0 bridgehead atoms. The highest BCUT2D eigenvalue weighted by atomic mass is 32.2. The van der Waals surface area contributed by atoms with Gasteiger partial charge in [-0.3, -0.25) is 52.7 Å². The molecule has 0 aromatic carbocycles. The zero-order valence-corrected chi connectivity index (χ0v) is 67.2. The predicted octanol–water partition coefficient (Wildman–Crippen LogP) is 0.951. The molecule has 9 heterocycles. The van der Waals surface area contributed by atoms with Crippen LogP contribution in [0.1, 0.15) is 132 Å². The van der Waals surface area contributed by atoms with Crippen LogP contribution in [0.15, 0.2) is 73.8 Å². The van der Waals surface area contributed by atoms with E-state index in [1.165, 1.54) is 72.0 Å². The van der Waals surface area contributed by atoms with E-state index in [1.54, 1.807) is 83.1 Å². The van der Waals surface area contributed by atoms with Crippen LogP contribution in [0, 0.1) is 0 Å². The van der Waals surface area contributed by atoms with Crippen LogP contribution in [0.5, 0.6) is 0 Å². The average Bonchev–Trinajstić information content (AvgIpc) is 1.67. The fourth-order valence-corrected chi connectivity index (χ4v) is 14.2. The lowest BCUT2D eigenvalue weighted by Gasteiger charge is -2.17. The molecule has 2 fully saturated rings. The monoisotopic (exact) mass is 1630 g/mol. The molecule has 0 aliphatic carbocycles. The zero-order valence-electron chi connectivity index (χ0n) is 66.4. The Morgan fingerprint density at radius 1 is 0.474 bits per heavy atom. The van der Waals surface area contributed by atoms with Crippen LogP contribution in [0.2, 0.25) is 0 Å². The Morgan fingerprint density at radius 3 is 1.53 bits per heavy atom. The summed E-state index contributed by atoms with van der Waals surface area (Å²) in [5.74, 6) is -3.69. The number of nitrogens with one attached hydrogen (secondary N) is 13. The number of nitrogens with zero attached hydrogens (tertiary/aromatic N) is 11. The Morgan fingerprint density at radius 2 is 0.957 bits per heavy atom. The highest BCUT2D eigenvalue weighted by Crippen LogP contribution is 2.33. The first kappa shape index (κ1) is 88.3. The molecule has 0 spiro atoms. The molecular weight excluding hydrogens is 1530 g/mol. The number of urea groups is 1. The van der Waals surface area contributed by atoms with Crippen molar-refractivity contribution >= 4 is 117 Å².